The number of nitrogens with one attached hydrogen (secondary N) is 1. The molecule has 5 heteroatoms. The fourth-order valence-electron chi connectivity index (χ4n) is 2.60. The van der Waals surface area contributed by atoms with Crippen molar-refractivity contribution in [3.63, 3.8) is 0 Å². The molecule has 1 unspecified atom stereocenters. The lowest BCUT2D eigenvalue weighted by Crippen LogP contribution is -2.41. The van der Waals surface area contributed by atoms with Crippen LogP contribution in [0.5, 0.6) is 0 Å². The highest BCUT2D eigenvalue weighted by atomic mass is 16.4. The summed E-state index contributed by atoms with van der Waals surface area (Å²) in [6.45, 7) is 5.59. The number of piperidine rings is 1. The maximum Gasteiger partial charge on any atom is 0.335 e. The molecule has 0 spiro atoms. The molecule has 5 nitrogen and oxygen atoms in total. The predicted molar refractivity (Wildman–Crippen MR) is 76.8 cm³/mol. The zero-order valence-corrected chi connectivity index (χ0v) is 11.9. The van der Waals surface area contributed by atoms with E-state index in [-0.39, 0.29) is 5.91 Å². The van der Waals surface area contributed by atoms with E-state index in [9.17, 15) is 9.59 Å². The normalized spacial score (nSPS) is 18.8. The van der Waals surface area contributed by atoms with Gasteiger partial charge in [0.1, 0.15) is 6.26 Å². The van der Waals surface area contributed by atoms with E-state index >= 15 is 0 Å². The van der Waals surface area contributed by atoms with E-state index in [1.807, 2.05) is 4.90 Å². The van der Waals surface area contributed by atoms with Crippen molar-refractivity contribution in [2.45, 2.75) is 26.2 Å². The molecule has 1 aliphatic rings. The van der Waals surface area contributed by atoms with Crippen LogP contribution in [0.4, 0.5) is 0 Å². The highest BCUT2D eigenvalue weighted by Gasteiger charge is 2.21. The van der Waals surface area contributed by atoms with Crippen LogP contribution in [0.25, 0.3) is 0 Å². The van der Waals surface area contributed by atoms with E-state index < -0.39 is 5.63 Å². The van der Waals surface area contributed by atoms with Gasteiger partial charge in [-0.15, -0.1) is 0 Å². The summed E-state index contributed by atoms with van der Waals surface area (Å²) in [5.41, 5.74) is 0.0156. The quantitative estimate of drug-likeness (QED) is 0.886. The maximum atomic E-state index is 12.5. The molecule has 1 aliphatic heterocycles. The molecule has 1 fully saturated rings. The third kappa shape index (κ3) is 3.93. The third-order valence-corrected chi connectivity index (χ3v) is 3.61. The second-order valence-corrected chi connectivity index (χ2v) is 5.31. The molecule has 0 aliphatic carbocycles. The Bertz CT molecular complexity index is 472. The molecule has 110 valence electrons. The van der Waals surface area contributed by atoms with Gasteiger partial charge in [0.05, 0.1) is 5.56 Å². The van der Waals surface area contributed by atoms with Gasteiger partial charge in [-0.05, 0) is 44.3 Å². The molecule has 0 bridgehead atoms. The number of hydrogen-bond acceptors (Lipinski definition) is 4. The summed E-state index contributed by atoms with van der Waals surface area (Å²) in [5, 5.41) is 3.37. The van der Waals surface area contributed by atoms with Gasteiger partial charge in [-0.1, -0.05) is 6.92 Å². The van der Waals surface area contributed by atoms with Gasteiger partial charge in [0.25, 0.3) is 5.91 Å². The van der Waals surface area contributed by atoms with Crippen LogP contribution in [0.2, 0.25) is 0 Å². The lowest BCUT2D eigenvalue weighted by Gasteiger charge is -2.30. The minimum absolute atomic E-state index is 0.0545. The summed E-state index contributed by atoms with van der Waals surface area (Å²) in [6.07, 6.45) is 4.50. The zero-order chi connectivity index (χ0) is 14.4. The minimum Gasteiger partial charge on any atom is -0.430 e. The average Bonchev–Trinajstić information content (AvgIpc) is 2.48. The van der Waals surface area contributed by atoms with Gasteiger partial charge in [-0.2, -0.15) is 0 Å². The molecule has 0 radical (unpaired) electrons. The van der Waals surface area contributed by atoms with Crippen molar-refractivity contribution in [3.05, 3.63) is 34.4 Å². The van der Waals surface area contributed by atoms with Crippen molar-refractivity contribution in [1.82, 2.24) is 10.2 Å². The highest BCUT2D eigenvalue weighted by Crippen LogP contribution is 2.14. The van der Waals surface area contributed by atoms with E-state index in [2.05, 4.69) is 12.2 Å². The molecule has 1 saturated heterocycles. The van der Waals surface area contributed by atoms with Crippen LogP contribution < -0.4 is 10.9 Å². The summed E-state index contributed by atoms with van der Waals surface area (Å²) in [6, 6.07) is 2.83. The van der Waals surface area contributed by atoms with Gasteiger partial charge in [0, 0.05) is 19.2 Å². The fraction of sp³-hybridized carbons (Fsp3) is 0.600. The van der Waals surface area contributed by atoms with Crippen LogP contribution in [0.3, 0.4) is 0 Å². The van der Waals surface area contributed by atoms with Crippen LogP contribution in [0, 0.1) is 5.92 Å². The molecular formula is C15H22N2O3. The molecule has 1 amide bonds. The number of nitrogens with zero attached hydrogens (tertiary/aromatic N) is 1. The first-order chi connectivity index (χ1) is 9.70. The molecule has 1 N–H and O–H groups in total. The first kappa shape index (κ1) is 14.8. The smallest absolute Gasteiger partial charge is 0.335 e. The number of carbonyl (C=O) groups is 1. The summed E-state index contributed by atoms with van der Waals surface area (Å²) in [7, 11) is 0. The van der Waals surface area contributed by atoms with Crippen molar-refractivity contribution in [1.29, 1.82) is 0 Å². The summed E-state index contributed by atoms with van der Waals surface area (Å²) < 4.78 is 4.78. The number of hydrogen-bond donors (Lipinski definition) is 1. The van der Waals surface area contributed by atoms with Crippen molar-refractivity contribution < 1.29 is 9.21 Å². The molecule has 1 aromatic heterocycles. The molecule has 20 heavy (non-hydrogen) atoms. The Hall–Kier alpha value is -1.62. The van der Waals surface area contributed by atoms with E-state index in [4.69, 9.17) is 4.42 Å². The highest BCUT2D eigenvalue weighted by molar-refractivity contribution is 5.93. The van der Waals surface area contributed by atoms with Gasteiger partial charge in [0.2, 0.25) is 0 Å². The Kier molecular flexibility index (Phi) is 5.35. The van der Waals surface area contributed by atoms with Gasteiger partial charge in [-0.25, -0.2) is 4.79 Å². The first-order valence-corrected chi connectivity index (χ1v) is 7.29. The Morgan fingerprint density at radius 3 is 2.95 bits per heavy atom. The minimum atomic E-state index is -0.430. The van der Waals surface area contributed by atoms with Crippen LogP contribution in [-0.4, -0.2) is 37.0 Å². The predicted octanol–water partition coefficient (Wildman–Crippen LogP) is 1.49. The second-order valence-electron chi connectivity index (χ2n) is 5.31. The SMILES string of the molecule is CCCN(CC1CCCNC1)C(=O)c1ccc(=O)oc1. The second kappa shape index (κ2) is 7.24. The molecule has 0 saturated carbocycles. The van der Waals surface area contributed by atoms with Crippen LogP contribution in [0.15, 0.2) is 27.6 Å². The molecule has 2 rings (SSSR count). The Labute approximate surface area is 119 Å². The standard InChI is InChI=1S/C15H22N2O3/c1-2-8-17(10-12-4-3-7-16-9-12)15(19)13-5-6-14(18)20-11-13/h5-6,11-12,16H,2-4,7-10H2,1H3. The Balaban J connectivity index is 2.04. The average molecular weight is 278 g/mol. The lowest BCUT2D eigenvalue weighted by atomic mass is 9.98. The van der Waals surface area contributed by atoms with Crippen molar-refractivity contribution in [2.75, 3.05) is 26.2 Å². The van der Waals surface area contributed by atoms with Crippen molar-refractivity contribution >= 4 is 5.91 Å². The van der Waals surface area contributed by atoms with Gasteiger partial charge < -0.3 is 14.6 Å². The molecule has 1 atom stereocenters. The van der Waals surface area contributed by atoms with Gasteiger partial charge in [0.15, 0.2) is 0 Å². The van der Waals surface area contributed by atoms with Crippen molar-refractivity contribution in [2.24, 2.45) is 5.92 Å². The van der Waals surface area contributed by atoms with Crippen LogP contribution in [-0.2, 0) is 0 Å². The van der Waals surface area contributed by atoms with Gasteiger partial charge in [-0.3, -0.25) is 4.79 Å². The third-order valence-electron chi connectivity index (χ3n) is 3.61. The summed E-state index contributed by atoms with van der Waals surface area (Å²) >= 11 is 0. The number of amides is 1. The number of rotatable bonds is 5. The summed E-state index contributed by atoms with van der Waals surface area (Å²) in [5.74, 6) is 0.455. The monoisotopic (exact) mass is 278 g/mol. The van der Waals surface area contributed by atoms with E-state index in [1.165, 1.54) is 24.8 Å². The first-order valence-electron chi connectivity index (χ1n) is 7.29. The van der Waals surface area contributed by atoms with Gasteiger partial charge >= 0.3 is 5.63 Å². The van der Waals surface area contributed by atoms with Crippen molar-refractivity contribution in [3.8, 4) is 0 Å². The lowest BCUT2D eigenvalue weighted by molar-refractivity contribution is 0.0716. The Morgan fingerprint density at radius 2 is 2.35 bits per heavy atom. The van der Waals surface area contributed by atoms with Crippen LogP contribution >= 0.6 is 0 Å². The van der Waals surface area contributed by atoms with E-state index in [0.29, 0.717) is 11.5 Å². The molecule has 1 aromatic rings. The fourth-order valence-corrected chi connectivity index (χ4v) is 2.60. The number of carbonyl (C=O) groups excluding carboxylic acids is 1. The molecule has 2 heterocycles. The maximum absolute atomic E-state index is 12.5. The zero-order valence-electron chi connectivity index (χ0n) is 11.9. The van der Waals surface area contributed by atoms with Crippen LogP contribution in [0.1, 0.15) is 36.5 Å². The van der Waals surface area contributed by atoms with E-state index in [1.54, 1.807) is 0 Å². The largest absolute Gasteiger partial charge is 0.430 e. The summed E-state index contributed by atoms with van der Waals surface area (Å²) in [4.78, 5) is 25.3. The van der Waals surface area contributed by atoms with E-state index in [0.717, 1.165) is 39.0 Å². The molecule has 0 aromatic carbocycles. The topological polar surface area (TPSA) is 62.6 Å². The Morgan fingerprint density at radius 1 is 1.50 bits per heavy atom. The molecular weight excluding hydrogens is 256 g/mol.